The molecule has 6 rings (SSSR count). The molecule has 2 aliphatic rings. The van der Waals surface area contributed by atoms with Crippen molar-refractivity contribution < 1.29 is 9.52 Å². The molecule has 1 heterocycles. The first-order chi connectivity index (χ1) is 16.6. The van der Waals surface area contributed by atoms with Gasteiger partial charge in [0.15, 0.2) is 0 Å². The van der Waals surface area contributed by atoms with E-state index in [4.69, 9.17) is 4.42 Å². The zero-order valence-corrected chi connectivity index (χ0v) is 21.1. The van der Waals surface area contributed by atoms with E-state index in [2.05, 4.69) is 68.3 Å². The molecule has 0 fully saturated rings. The van der Waals surface area contributed by atoms with Gasteiger partial charge in [-0.15, -0.1) is 0 Å². The molecule has 1 aliphatic heterocycles. The molecule has 0 amide bonds. The van der Waals surface area contributed by atoms with Crippen molar-refractivity contribution in [3.8, 4) is 50.5 Å². The minimum absolute atomic E-state index is 0.254. The maximum absolute atomic E-state index is 10.8. The molecule has 0 saturated heterocycles. The number of aromatic hydroxyl groups is 1. The summed E-state index contributed by atoms with van der Waals surface area (Å²) >= 11 is 7.25. The van der Waals surface area contributed by atoms with E-state index in [1.54, 1.807) is 6.07 Å². The third kappa shape index (κ3) is 3.54. The van der Waals surface area contributed by atoms with Gasteiger partial charge >= 0.3 is 0 Å². The molecule has 0 spiro atoms. The lowest BCUT2D eigenvalue weighted by Crippen LogP contribution is -1.90. The summed E-state index contributed by atoms with van der Waals surface area (Å²) in [5.74, 6) is 1.05. The molecule has 0 aromatic heterocycles. The summed E-state index contributed by atoms with van der Waals surface area (Å²) in [5.41, 5.74) is 7.77. The molecule has 4 aromatic carbocycles. The molecule has 2 nitrogen and oxygen atoms in total. The largest absolute Gasteiger partial charge is 0.507 e. The molecule has 4 heteroatoms. The number of benzene rings is 4. The van der Waals surface area contributed by atoms with Gasteiger partial charge in [0.05, 0.1) is 0 Å². The van der Waals surface area contributed by atoms with Gasteiger partial charge in [-0.25, -0.2) is 0 Å². The minimum atomic E-state index is 0.254. The van der Waals surface area contributed by atoms with Crippen molar-refractivity contribution >= 4 is 42.8 Å². The Kier molecular flexibility index (Phi) is 5.28. The smallest absolute Gasteiger partial charge is 0.143 e. The molecular weight excluding hydrogens is 552 g/mol. The third-order valence-electron chi connectivity index (χ3n) is 6.09. The predicted octanol–water partition coefficient (Wildman–Crippen LogP) is 9.77. The Morgan fingerprint density at radius 3 is 2.00 bits per heavy atom. The second-order valence-electron chi connectivity index (χ2n) is 8.19. The molecule has 0 saturated carbocycles. The molecule has 1 aliphatic carbocycles. The van der Waals surface area contributed by atoms with E-state index in [1.807, 2.05) is 60.7 Å². The third-order valence-corrected chi connectivity index (χ3v) is 7.08. The van der Waals surface area contributed by atoms with Crippen molar-refractivity contribution in [2.45, 2.75) is 0 Å². The van der Waals surface area contributed by atoms with Crippen molar-refractivity contribution in [2.75, 3.05) is 0 Å². The molecular formula is C30H18Br2O2. The topological polar surface area (TPSA) is 33.4 Å². The Bertz CT molecular complexity index is 1650. The lowest BCUT2D eigenvalue weighted by atomic mass is 9.92. The Balaban J connectivity index is 1.80. The molecule has 0 radical (unpaired) electrons. The highest BCUT2D eigenvalue weighted by atomic mass is 79.9. The van der Waals surface area contributed by atoms with Gasteiger partial charge in [0.1, 0.15) is 17.1 Å². The number of hydrogen-bond donors (Lipinski definition) is 1. The summed E-state index contributed by atoms with van der Waals surface area (Å²) in [5, 5.41) is 11.8. The van der Waals surface area contributed by atoms with Crippen LogP contribution in [-0.4, -0.2) is 5.11 Å². The number of halogens is 2. The summed E-state index contributed by atoms with van der Waals surface area (Å²) in [4.78, 5) is 0. The van der Waals surface area contributed by atoms with Gasteiger partial charge < -0.3 is 9.52 Å². The first kappa shape index (κ1) is 21.2. The van der Waals surface area contributed by atoms with Gasteiger partial charge in [0, 0.05) is 36.6 Å². The van der Waals surface area contributed by atoms with Crippen molar-refractivity contribution in [3.05, 3.63) is 112 Å². The van der Waals surface area contributed by atoms with E-state index in [1.165, 1.54) is 0 Å². The van der Waals surface area contributed by atoms with Crippen LogP contribution < -0.4 is 0 Å². The highest BCUT2D eigenvalue weighted by Gasteiger charge is 2.28. The van der Waals surface area contributed by atoms with Crippen molar-refractivity contribution in [1.82, 2.24) is 0 Å². The van der Waals surface area contributed by atoms with E-state index < -0.39 is 0 Å². The fourth-order valence-electron chi connectivity index (χ4n) is 4.63. The Morgan fingerprint density at radius 1 is 0.559 bits per heavy atom. The molecule has 4 aromatic rings. The first-order valence-corrected chi connectivity index (χ1v) is 12.5. The maximum atomic E-state index is 10.8. The number of para-hydroxylation sites is 2. The SMILES string of the molecule is Oc1ccccc1-c1cc(-c2cccc(Br)c2)c2c(-c3cccc(Br)c3)oc3ccccc3c1-2. The zero-order chi connectivity index (χ0) is 23.2. The molecule has 34 heavy (non-hydrogen) atoms. The minimum Gasteiger partial charge on any atom is -0.507 e. The van der Waals surface area contributed by atoms with E-state index in [9.17, 15) is 5.11 Å². The number of phenols is 1. The quantitative estimate of drug-likeness (QED) is 0.230. The van der Waals surface area contributed by atoms with Crippen LogP contribution in [0.1, 0.15) is 0 Å². The van der Waals surface area contributed by atoms with Crippen LogP contribution in [0, 0.1) is 0 Å². The van der Waals surface area contributed by atoms with Crippen LogP contribution in [0.4, 0.5) is 0 Å². The summed E-state index contributed by atoms with van der Waals surface area (Å²) in [6.45, 7) is 0. The Morgan fingerprint density at radius 2 is 1.24 bits per heavy atom. The Labute approximate surface area is 214 Å². The zero-order valence-electron chi connectivity index (χ0n) is 17.9. The fraction of sp³-hybridized carbons (Fsp3) is 0. The monoisotopic (exact) mass is 568 g/mol. The second-order valence-corrected chi connectivity index (χ2v) is 10.0. The summed E-state index contributed by atoms with van der Waals surface area (Å²) < 4.78 is 8.58. The van der Waals surface area contributed by atoms with Crippen LogP contribution in [0.3, 0.4) is 0 Å². The highest BCUT2D eigenvalue weighted by molar-refractivity contribution is 9.10. The van der Waals surface area contributed by atoms with Crippen LogP contribution in [-0.2, 0) is 0 Å². The Hall–Kier alpha value is -3.34. The van der Waals surface area contributed by atoms with Gasteiger partial charge in [-0.2, -0.15) is 0 Å². The second kappa shape index (κ2) is 8.46. The standard InChI is InChI=1S/C30H18Br2O2/c31-20-9-5-7-18(15-20)24-17-25(22-11-1-3-13-26(22)33)28-23-12-2-4-14-27(23)34-30(29(24)28)19-8-6-10-21(32)16-19/h1-17,33H. The lowest BCUT2D eigenvalue weighted by Gasteiger charge is -2.16. The van der Waals surface area contributed by atoms with Crippen molar-refractivity contribution in [2.24, 2.45) is 0 Å². The average molecular weight is 570 g/mol. The van der Waals surface area contributed by atoms with Crippen LogP contribution in [0.15, 0.2) is 116 Å². The van der Waals surface area contributed by atoms with E-state index >= 15 is 0 Å². The van der Waals surface area contributed by atoms with Gasteiger partial charge in [-0.3, -0.25) is 0 Å². The normalized spacial score (nSPS) is 11.4. The molecule has 0 bridgehead atoms. The van der Waals surface area contributed by atoms with Crippen molar-refractivity contribution in [3.63, 3.8) is 0 Å². The summed E-state index contributed by atoms with van der Waals surface area (Å²) in [6.07, 6.45) is 0. The molecule has 164 valence electrons. The van der Waals surface area contributed by atoms with Crippen LogP contribution in [0.5, 0.6) is 5.75 Å². The van der Waals surface area contributed by atoms with Crippen LogP contribution >= 0.6 is 31.9 Å². The number of fused-ring (bicyclic) bond motifs is 3. The number of rotatable bonds is 3. The molecule has 1 N–H and O–H groups in total. The van der Waals surface area contributed by atoms with Gasteiger partial charge in [-0.05, 0) is 59.2 Å². The highest BCUT2D eigenvalue weighted by Crippen LogP contribution is 2.53. The van der Waals surface area contributed by atoms with Crippen LogP contribution in [0.2, 0.25) is 0 Å². The molecule has 0 atom stereocenters. The summed E-state index contributed by atoms with van der Waals surface area (Å²) in [7, 11) is 0. The fourth-order valence-corrected chi connectivity index (χ4v) is 5.43. The molecule has 0 unspecified atom stereocenters. The predicted molar refractivity (Wildman–Crippen MR) is 146 cm³/mol. The van der Waals surface area contributed by atoms with Gasteiger partial charge in [0.25, 0.3) is 0 Å². The van der Waals surface area contributed by atoms with E-state index in [-0.39, 0.29) is 5.75 Å². The number of hydrogen-bond acceptors (Lipinski definition) is 2. The van der Waals surface area contributed by atoms with E-state index in [0.717, 1.165) is 64.6 Å². The lowest BCUT2D eigenvalue weighted by molar-refractivity contribution is 0.477. The van der Waals surface area contributed by atoms with Gasteiger partial charge in [0.2, 0.25) is 0 Å². The average Bonchev–Trinajstić information content (AvgIpc) is 3.25. The number of phenolic OH excluding ortho intramolecular Hbond substituents is 1. The van der Waals surface area contributed by atoms with Crippen LogP contribution in [0.25, 0.3) is 55.7 Å². The summed E-state index contributed by atoms with van der Waals surface area (Å²) in [6, 6.07) is 34.2. The maximum Gasteiger partial charge on any atom is 0.143 e. The van der Waals surface area contributed by atoms with Gasteiger partial charge in [-0.1, -0.05) is 92.5 Å². The van der Waals surface area contributed by atoms with E-state index in [0.29, 0.717) is 0 Å². The van der Waals surface area contributed by atoms with Crippen molar-refractivity contribution in [1.29, 1.82) is 0 Å². The first-order valence-electron chi connectivity index (χ1n) is 10.9.